The molecule has 1 aromatic carbocycles. The number of benzene rings is 1. The second kappa shape index (κ2) is 4.25. The molecule has 0 spiro atoms. The van der Waals surface area contributed by atoms with Gasteiger partial charge in [0, 0.05) is 0 Å². The third-order valence-corrected chi connectivity index (χ3v) is 2.78. The molecule has 1 unspecified atom stereocenters. The van der Waals surface area contributed by atoms with Crippen molar-refractivity contribution in [3.05, 3.63) is 24.3 Å². The Morgan fingerprint density at radius 3 is 2.88 bits per heavy atom. The summed E-state index contributed by atoms with van der Waals surface area (Å²) in [6.07, 6.45) is 0.0781. The Balaban J connectivity index is 2.10. The van der Waals surface area contributed by atoms with Crippen LogP contribution in [0.2, 0.25) is 0 Å². The van der Waals surface area contributed by atoms with E-state index in [-0.39, 0.29) is 6.54 Å². The fourth-order valence-electron chi connectivity index (χ4n) is 1.51. The zero-order valence-electron chi connectivity index (χ0n) is 9.14. The van der Waals surface area contributed by atoms with Gasteiger partial charge in [-0.05, 0) is 12.1 Å². The van der Waals surface area contributed by atoms with Gasteiger partial charge in [-0.15, -0.1) is 0 Å². The van der Waals surface area contributed by atoms with Gasteiger partial charge in [0.2, 0.25) is 10.0 Å². The maximum atomic E-state index is 11.6. The molecule has 1 amide bonds. The molecule has 2 rings (SSSR count). The van der Waals surface area contributed by atoms with Crippen LogP contribution in [0.3, 0.4) is 0 Å². The molecule has 1 aliphatic rings. The van der Waals surface area contributed by atoms with Crippen molar-refractivity contribution in [2.75, 3.05) is 18.1 Å². The molecule has 0 saturated carbocycles. The minimum atomic E-state index is -3.56. The highest BCUT2D eigenvalue weighted by Crippen LogP contribution is 2.28. The smallest absolute Gasteiger partial charge is 0.276 e. The summed E-state index contributed by atoms with van der Waals surface area (Å²) in [5, 5.41) is 3.00. The minimum Gasteiger partial charge on any atom is -0.477 e. The van der Waals surface area contributed by atoms with Crippen LogP contribution in [0.15, 0.2) is 24.3 Å². The number of carbonyl (C=O) groups excluding carboxylic acids is 1. The van der Waals surface area contributed by atoms with Gasteiger partial charge in [0.15, 0.2) is 6.10 Å². The van der Waals surface area contributed by atoms with E-state index in [1.165, 1.54) is 0 Å². The van der Waals surface area contributed by atoms with Crippen molar-refractivity contribution in [1.82, 2.24) is 4.72 Å². The van der Waals surface area contributed by atoms with Crippen LogP contribution in [0.4, 0.5) is 5.69 Å². The van der Waals surface area contributed by atoms with E-state index in [0.29, 0.717) is 5.75 Å². The largest absolute Gasteiger partial charge is 0.477 e. The fraction of sp³-hybridized carbons (Fsp3) is 0.300. The Morgan fingerprint density at radius 2 is 2.18 bits per heavy atom. The molecule has 2 N–H and O–H groups in total. The van der Waals surface area contributed by atoms with E-state index in [0.717, 1.165) is 11.9 Å². The number of anilines is 1. The fourth-order valence-corrected chi connectivity index (χ4v) is 2.00. The third-order valence-electron chi connectivity index (χ3n) is 2.21. The normalized spacial score (nSPS) is 18.5. The number of hydrogen-bond acceptors (Lipinski definition) is 5. The minimum absolute atomic E-state index is 0.234. The summed E-state index contributed by atoms with van der Waals surface area (Å²) in [4.78, 5) is 11.6. The lowest BCUT2D eigenvalue weighted by molar-refractivity contribution is -0.125. The molecule has 0 radical (unpaired) electrons. The summed E-state index contributed by atoms with van der Waals surface area (Å²) in [5.41, 5.74) is 0.788. The van der Waals surface area contributed by atoms with Crippen molar-refractivity contribution in [2.45, 2.75) is 6.10 Å². The Hall–Kier alpha value is -1.76. The van der Waals surface area contributed by atoms with E-state index in [9.17, 15) is 13.2 Å². The molecule has 1 heterocycles. The van der Waals surface area contributed by atoms with Gasteiger partial charge in [-0.25, -0.2) is 8.42 Å². The quantitative estimate of drug-likeness (QED) is 0.774. The molecule has 0 aliphatic carbocycles. The van der Waals surface area contributed by atoms with Crippen LogP contribution in [-0.2, 0) is 14.8 Å². The van der Waals surface area contributed by atoms with E-state index < -0.39 is 22.0 Å². The number of fused-ring (bicyclic) bond motifs is 1. The second-order valence-corrected chi connectivity index (χ2v) is 5.47. The molecule has 1 aliphatic heterocycles. The number of hydrogen-bond donors (Lipinski definition) is 2. The van der Waals surface area contributed by atoms with E-state index in [2.05, 4.69) is 5.32 Å². The van der Waals surface area contributed by atoms with E-state index in [1.54, 1.807) is 12.1 Å². The lowest BCUT2D eigenvalue weighted by Gasteiger charge is -2.26. The highest BCUT2D eigenvalue weighted by atomic mass is 32.2. The van der Waals surface area contributed by atoms with Crippen LogP contribution in [0.1, 0.15) is 0 Å². The summed E-state index contributed by atoms with van der Waals surface area (Å²) in [6.45, 7) is 0.234. The first kappa shape index (κ1) is 11.7. The maximum Gasteiger partial charge on any atom is 0.276 e. The molecule has 0 bridgehead atoms. The standard InChI is InChI=1S/C10H12N2O4S/c1-17(14,15)12-10(13)9-6-11-7-4-2-3-5-8(7)16-9/h2-5,9,11H,6H2,1H3,(H,12,13). The maximum absolute atomic E-state index is 11.6. The van der Waals surface area contributed by atoms with E-state index >= 15 is 0 Å². The SMILES string of the molecule is CS(=O)(=O)NC(=O)C1CNc2ccccc2O1. The zero-order chi connectivity index (χ0) is 12.5. The van der Waals surface area contributed by atoms with E-state index in [1.807, 2.05) is 16.9 Å². The first-order chi connectivity index (χ1) is 7.96. The van der Waals surface area contributed by atoms with Gasteiger partial charge in [0.1, 0.15) is 5.75 Å². The van der Waals surface area contributed by atoms with Crippen molar-refractivity contribution in [3.8, 4) is 5.75 Å². The molecule has 0 fully saturated rings. The molecule has 7 heteroatoms. The number of rotatable bonds is 2. The summed E-state index contributed by atoms with van der Waals surface area (Å²) < 4.78 is 29.1. The average molecular weight is 256 g/mol. The summed E-state index contributed by atoms with van der Waals surface area (Å²) in [7, 11) is -3.56. The topological polar surface area (TPSA) is 84.5 Å². The van der Waals surface area contributed by atoms with Gasteiger partial charge in [-0.3, -0.25) is 9.52 Å². The average Bonchev–Trinajstić information content (AvgIpc) is 2.26. The summed E-state index contributed by atoms with van der Waals surface area (Å²) in [5.74, 6) is -0.137. The molecule has 92 valence electrons. The Morgan fingerprint density at radius 1 is 1.47 bits per heavy atom. The first-order valence-corrected chi connectivity index (χ1v) is 6.86. The first-order valence-electron chi connectivity index (χ1n) is 4.97. The van der Waals surface area contributed by atoms with Crippen LogP contribution in [0.5, 0.6) is 5.75 Å². The lowest BCUT2D eigenvalue weighted by Crippen LogP contribution is -2.46. The number of ether oxygens (including phenoxy) is 1. The van der Waals surface area contributed by atoms with Crippen LogP contribution in [0.25, 0.3) is 0 Å². The molecular weight excluding hydrogens is 244 g/mol. The number of amides is 1. The second-order valence-electron chi connectivity index (χ2n) is 3.72. The van der Waals surface area contributed by atoms with Crippen LogP contribution in [-0.4, -0.2) is 33.2 Å². The van der Waals surface area contributed by atoms with Crippen LogP contribution < -0.4 is 14.8 Å². The van der Waals surface area contributed by atoms with Gasteiger partial charge in [0.05, 0.1) is 18.5 Å². The molecule has 0 saturated heterocycles. The van der Waals surface area contributed by atoms with Crippen molar-refractivity contribution >= 4 is 21.6 Å². The van der Waals surface area contributed by atoms with Crippen molar-refractivity contribution in [1.29, 1.82) is 0 Å². The number of carbonyl (C=O) groups is 1. The Bertz CT molecular complexity index is 541. The van der Waals surface area contributed by atoms with Crippen molar-refractivity contribution < 1.29 is 17.9 Å². The number of nitrogens with one attached hydrogen (secondary N) is 2. The molecule has 6 nitrogen and oxygen atoms in total. The highest BCUT2D eigenvalue weighted by molar-refractivity contribution is 7.89. The van der Waals surface area contributed by atoms with Gasteiger partial charge in [0.25, 0.3) is 5.91 Å². The summed E-state index contributed by atoms with van der Waals surface area (Å²) in [6, 6.07) is 7.14. The predicted octanol–water partition coefficient (Wildman–Crippen LogP) is -0.0647. The molecular formula is C10H12N2O4S. The molecule has 17 heavy (non-hydrogen) atoms. The number of sulfonamides is 1. The van der Waals surface area contributed by atoms with Crippen LogP contribution >= 0.6 is 0 Å². The van der Waals surface area contributed by atoms with Gasteiger partial charge >= 0.3 is 0 Å². The molecule has 1 atom stereocenters. The van der Waals surface area contributed by atoms with Gasteiger partial charge < -0.3 is 10.1 Å². The van der Waals surface area contributed by atoms with Crippen molar-refractivity contribution in [2.24, 2.45) is 0 Å². The molecule has 0 aromatic heterocycles. The van der Waals surface area contributed by atoms with Gasteiger partial charge in [-0.2, -0.15) is 0 Å². The van der Waals surface area contributed by atoms with E-state index in [4.69, 9.17) is 4.74 Å². The van der Waals surface area contributed by atoms with Gasteiger partial charge in [-0.1, -0.05) is 12.1 Å². The zero-order valence-corrected chi connectivity index (χ0v) is 9.95. The van der Waals surface area contributed by atoms with Crippen LogP contribution in [0, 0.1) is 0 Å². The Labute approximate surface area is 99.0 Å². The number of para-hydroxylation sites is 2. The lowest BCUT2D eigenvalue weighted by atomic mass is 10.2. The molecule has 1 aromatic rings. The monoisotopic (exact) mass is 256 g/mol. The third kappa shape index (κ3) is 2.88. The Kier molecular flexibility index (Phi) is 2.93. The summed E-state index contributed by atoms with van der Waals surface area (Å²) >= 11 is 0. The highest BCUT2D eigenvalue weighted by Gasteiger charge is 2.27. The van der Waals surface area contributed by atoms with Crippen molar-refractivity contribution in [3.63, 3.8) is 0 Å². The predicted molar refractivity (Wildman–Crippen MR) is 62.3 cm³/mol.